The maximum absolute atomic E-state index is 9.39. The molecule has 0 aliphatic rings. The van der Waals surface area contributed by atoms with Crippen molar-refractivity contribution in [3.05, 3.63) is 0 Å². The molecular weight excluding hydrogens is 214 g/mol. The van der Waals surface area contributed by atoms with Crippen LogP contribution in [0, 0.1) is 11.8 Å². The SMILES string of the molecule is CCCCC(C)C(CC(C)C)NCC(O)CO. The smallest absolute Gasteiger partial charge is 0.0895 e. The van der Waals surface area contributed by atoms with Crippen LogP contribution in [-0.2, 0) is 0 Å². The van der Waals surface area contributed by atoms with E-state index in [9.17, 15) is 5.11 Å². The molecule has 0 aromatic heterocycles. The molecule has 3 unspecified atom stereocenters. The molecular formula is C14H31NO2. The number of aliphatic hydroxyl groups excluding tert-OH is 2. The molecule has 0 rings (SSSR count). The highest BCUT2D eigenvalue weighted by molar-refractivity contribution is 4.76. The van der Waals surface area contributed by atoms with Gasteiger partial charge in [-0.25, -0.2) is 0 Å². The lowest BCUT2D eigenvalue weighted by atomic mass is 9.89. The zero-order valence-electron chi connectivity index (χ0n) is 11.9. The molecule has 0 heterocycles. The average Bonchev–Trinajstić information content (AvgIpc) is 2.30. The van der Waals surface area contributed by atoms with Crippen molar-refractivity contribution in [2.45, 2.75) is 65.5 Å². The van der Waals surface area contributed by atoms with Crippen molar-refractivity contribution in [2.24, 2.45) is 11.8 Å². The fraction of sp³-hybridized carbons (Fsp3) is 1.00. The Balaban J connectivity index is 4.11. The van der Waals surface area contributed by atoms with Gasteiger partial charge in [-0.05, 0) is 24.7 Å². The van der Waals surface area contributed by atoms with Crippen molar-refractivity contribution in [1.82, 2.24) is 5.32 Å². The number of unbranched alkanes of at least 4 members (excludes halogenated alkanes) is 1. The van der Waals surface area contributed by atoms with E-state index in [4.69, 9.17) is 5.11 Å². The maximum Gasteiger partial charge on any atom is 0.0895 e. The molecule has 3 atom stereocenters. The Morgan fingerprint density at radius 1 is 1.18 bits per heavy atom. The van der Waals surface area contributed by atoms with Gasteiger partial charge in [-0.15, -0.1) is 0 Å². The van der Waals surface area contributed by atoms with Gasteiger partial charge in [0.15, 0.2) is 0 Å². The number of hydrogen-bond donors (Lipinski definition) is 3. The molecule has 0 spiro atoms. The minimum Gasteiger partial charge on any atom is -0.394 e. The molecule has 3 N–H and O–H groups in total. The molecule has 0 saturated carbocycles. The summed E-state index contributed by atoms with van der Waals surface area (Å²) in [7, 11) is 0. The van der Waals surface area contributed by atoms with Gasteiger partial charge in [0, 0.05) is 12.6 Å². The summed E-state index contributed by atoms with van der Waals surface area (Å²) in [5.74, 6) is 1.28. The Labute approximate surface area is 107 Å². The van der Waals surface area contributed by atoms with Crippen LogP contribution in [0.4, 0.5) is 0 Å². The number of aliphatic hydroxyl groups is 2. The largest absolute Gasteiger partial charge is 0.394 e. The van der Waals surface area contributed by atoms with Gasteiger partial charge in [-0.1, -0.05) is 40.5 Å². The normalized spacial score (nSPS) is 17.1. The van der Waals surface area contributed by atoms with Gasteiger partial charge < -0.3 is 15.5 Å². The Kier molecular flexibility index (Phi) is 9.79. The highest BCUT2D eigenvalue weighted by atomic mass is 16.3. The number of nitrogens with one attached hydrogen (secondary N) is 1. The van der Waals surface area contributed by atoms with Crippen LogP contribution in [-0.4, -0.2) is 35.5 Å². The summed E-state index contributed by atoms with van der Waals surface area (Å²) < 4.78 is 0. The third kappa shape index (κ3) is 8.58. The predicted octanol–water partition coefficient (Wildman–Crippen LogP) is 2.17. The molecule has 104 valence electrons. The van der Waals surface area contributed by atoms with Gasteiger partial charge in [-0.2, -0.15) is 0 Å². The molecule has 0 bridgehead atoms. The lowest BCUT2D eigenvalue weighted by Gasteiger charge is -2.27. The Hall–Kier alpha value is -0.120. The first-order valence-corrected chi connectivity index (χ1v) is 7.03. The molecule has 3 heteroatoms. The van der Waals surface area contributed by atoms with Crippen LogP contribution in [0.15, 0.2) is 0 Å². The minimum atomic E-state index is -0.636. The van der Waals surface area contributed by atoms with Crippen LogP contribution in [0.1, 0.15) is 53.4 Å². The lowest BCUT2D eigenvalue weighted by molar-refractivity contribution is 0.0883. The van der Waals surface area contributed by atoms with Gasteiger partial charge in [0.25, 0.3) is 0 Å². The Bertz CT molecular complexity index is 174. The predicted molar refractivity (Wildman–Crippen MR) is 73.0 cm³/mol. The van der Waals surface area contributed by atoms with E-state index < -0.39 is 6.10 Å². The minimum absolute atomic E-state index is 0.162. The van der Waals surface area contributed by atoms with E-state index in [1.54, 1.807) is 0 Å². The summed E-state index contributed by atoms with van der Waals surface area (Å²) >= 11 is 0. The third-order valence-corrected chi connectivity index (χ3v) is 3.25. The second-order valence-electron chi connectivity index (χ2n) is 5.60. The van der Waals surface area contributed by atoms with Gasteiger partial charge in [0.2, 0.25) is 0 Å². The van der Waals surface area contributed by atoms with Crippen molar-refractivity contribution in [2.75, 3.05) is 13.2 Å². The fourth-order valence-electron chi connectivity index (χ4n) is 2.10. The van der Waals surface area contributed by atoms with Crippen molar-refractivity contribution in [3.8, 4) is 0 Å². The molecule has 0 aromatic rings. The summed E-state index contributed by atoms with van der Waals surface area (Å²) in [6.07, 6.45) is 4.22. The van der Waals surface area contributed by atoms with Crippen molar-refractivity contribution in [3.63, 3.8) is 0 Å². The van der Waals surface area contributed by atoms with Crippen LogP contribution in [0.2, 0.25) is 0 Å². The van der Waals surface area contributed by atoms with E-state index in [0.29, 0.717) is 24.4 Å². The molecule has 0 amide bonds. The van der Waals surface area contributed by atoms with Crippen LogP contribution in [0.5, 0.6) is 0 Å². The highest BCUT2D eigenvalue weighted by Gasteiger charge is 2.18. The number of hydrogen-bond acceptors (Lipinski definition) is 3. The second kappa shape index (κ2) is 9.86. The average molecular weight is 245 g/mol. The van der Waals surface area contributed by atoms with Gasteiger partial charge >= 0.3 is 0 Å². The highest BCUT2D eigenvalue weighted by Crippen LogP contribution is 2.18. The number of rotatable bonds is 10. The van der Waals surface area contributed by atoms with E-state index in [1.807, 2.05) is 0 Å². The molecule has 17 heavy (non-hydrogen) atoms. The van der Waals surface area contributed by atoms with Gasteiger partial charge in [0.05, 0.1) is 12.7 Å². The monoisotopic (exact) mass is 245 g/mol. The summed E-state index contributed by atoms with van der Waals surface area (Å²) in [5, 5.41) is 21.6. The van der Waals surface area contributed by atoms with E-state index in [2.05, 4.69) is 33.0 Å². The second-order valence-corrected chi connectivity index (χ2v) is 5.60. The van der Waals surface area contributed by atoms with E-state index in [-0.39, 0.29) is 6.61 Å². The first-order valence-electron chi connectivity index (χ1n) is 7.03. The van der Waals surface area contributed by atoms with Crippen LogP contribution >= 0.6 is 0 Å². The summed E-state index contributed by atoms with van der Waals surface area (Å²) in [6, 6.07) is 0.447. The van der Waals surface area contributed by atoms with Crippen molar-refractivity contribution >= 4 is 0 Å². The molecule has 0 aliphatic carbocycles. The van der Waals surface area contributed by atoms with E-state index in [0.717, 1.165) is 6.42 Å². The molecule has 3 nitrogen and oxygen atoms in total. The third-order valence-electron chi connectivity index (χ3n) is 3.25. The van der Waals surface area contributed by atoms with E-state index in [1.165, 1.54) is 19.3 Å². The first kappa shape index (κ1) is 16.9. The van der Waals surface area contributed by atoms with Crippen LogP contribution in [0.3, 0.4) is 0 Å². The summed E-state index contributed by atoms with van der Waals surface area (Å²) in [4.78, 5) is 0. The lowest BCUT2D eigenvalue weighted by Crippen LogP contribution is -2.41. The van der Waals surface area contributed by atoms with Crippen molar-refractivity contribution < 1.29 is 10.2 Å². The Morgan fingerprint density at radius 2 is 1.82 bits per heavy atom. The molecule has 0 radical (unpaired) electrons. The van der Waals surface area contributed by atoms with Gasteiger partial charge in [-0.3, -0.25) is 0 Å². The fourth-order valence-corrected chi connectivity index (χ4v) is 2.10. The summed E-state index contributed by atoms with van der Waals surface area (Å²) in [6.45, 7) is 9.27. The topological polar surface area (TPSA) is 52.5 Å². The maximum atomic E-state index is 9.39. The zero-order chi connectivity index (χ0) is 13.3. The van der Waals surface area contributed by atoms with Gasteiger partial charge in [0.1, 0.15) is 0 Å². The molecule has 0 aliphatic heterocycles. The van der Waals surface area contributed by atoms with Crippen LogP contribution in [0.25, 0.3) is 0 Å². The standard InChI is InChI=1S/C14H31NO2/c1-5-6-7-12(4)14(8-11(2)3)15-9-13(17)10-16/h11-17H,5-10H2,1-4H3. The summed E-state index contributed by atoms with van der Waals surface area (Å²) in [5.41, 5.74) is 0. The van der Waals surface area contributed by atoms with Crippen molar-refractivity contribution in [1.29, 1.82) is 0 Å². The Morgan fingerprint density at radius 3 is 2.29 bits per heavy atom. The quantitative estimate of drug-likeness (QED) is 0.553. The molecule has 0 aromatic carbocycles. The molecule has 0 saturated heterocycles. The first-order chi connectivity index (χ1) is 8.01. The zero-order valence-corrected chi connectivity index (χ0v) is 11.9. The molecule has 0 fully saturated rings. The van der Waals surface area contributed by atoms with Crippen LogP contribution < -0.4 is 5.32 Å². The van der Waals surface area contributed by atoms with E-state index >= 15 is 0 Å².